The highest BCUT2D eigenvalue weighted by molar-refractivity contribution is 5.65. The minimum absolute atomic E-state index is 0.0753. The number of aromatic nitrogens is 2. The van der Waals surface area contributed by atoms with E-state index in [1.54, 1.807) is 7.05 Å². The van der Waals surface area contributed by atoms with Crippen molar-refractivity contribution in [3.63, 3.8) is 0 Å². The molecule has 1 heterocycles. The number of hydrogen-bond acceptors (Lipinski definition) is 4. The summed E-state index contributed by atoms with van der Waals surface area (Å²) in [4.78, 5) is 8.18. The lowest BCUT2D eigenvalue weighted by Gasteiger charge is -2.16. The van der Waals surface area contributed by atoms with Gasteiger partial charge in [-0.3, -0.25) is 0 Å². The van der Waals surface area contributed by atoms with E-state index in [2.05, 4.69) is 20.6 Å². The van der Waals surface area contributed by atoms with Crippen molar-refractivity contribution in [2.24, 2.45) is 0 Å². The maximum absolute atomic E-state index is 13.2. The maximum Gasteiger partial charge on any atom is 0.194 e. The van der Waals surface area contributed by atoms with E-state index in [-0.39, 0.29) is 11.6 Å². The molecule has 0 spiro atoms. The second kappa shape index (κ2) is 5.99. The third kappa shape index (κ3) is 3.07. The van der Waals surface area contributed by atoms with Crippen LogP contribution in [0.2, 0.25) is 0 Å². The summed E-state index contributed by atoms with van der Waals surface area (Å²) in [6.07, 6.45) is 1.33. The molecule has 4 nitrogen and oxygen atoms in total. The van der Waals surface area contributed by atoms with Crippen LogP contribution in [0.5, 0.6) is 0 Å². The van der Waals surface area contributed by atoms with Crippen LogP contribution in [0.4, 0.5) is 30.5 Å². The first-order chi connectivity index (χ1) is 9.93. The van der Waals surface area contributed by atoms with Gasteiger partial charge < -0.3 is 10.6 Å². The molecule has 112 valence electrons. The van der Waals surface area contributed by atoms with Crippen molar-refractivity contribution < 1.29 is 13.2 Å². The zero-order chi connectivity index (χ0) is 15.6. The Hall–Kier alpha value is -2.31. The van der Waals surface area contributed by atoms with Gasteiger partial charge in [-0.15, -0.1) is 0 Å². The molecule has 2 aromatic rings. The van der Waals surface area contributed by atoms with Crippen molar-refractivity contribution >= 4 is 17.3 Å². The summed E-state index contributed by atoms with van der Waals surface area (Å²) in [5.41, 5.74) is 0.846. The Morgan fingerprint density at radius 1 is 1.00 bits per heavy atom. The van der Waals surface area contributed by atoms with Crippen LogP contribution in [0, 0.1) is 17.5 Å². The molecule has 0 unspecified atom stereocenters. The Morgan fingerprint density at radius 2 is 1.57 bits per heavy atom. The Morgan fingerprint density at radius 3 is 2.10 bits per heavy atom. The first-order valence-electron chi connectivity index (χ1n) is 6.38. The van der Waals surface area contributed by atoms with Crippen molar-refractivity contribution in [2.45, 2.75) is 19.8 Å². The van der Waals surface area contributed by atoms with Gasteiger partial charge >= 0.3 is 0 Å². The number of halogens is 3. The van der Waals surface area contributed by atoms with E-state index in [1.165, 1.54) is 6.33 Å². The van der Waals surface area contributed by atoms with E-state index in [4.69, 9.17) is 0 Å². The van der Waals surface area contributed by atoms with Crippen LogP contribution in [0.25, 0.3) is 0 Å². The normalized spacial score (nSPS) is 10.8. The topological polar surface area (TPSA) is 49.8 Å². The van der Waals surface area contributed by atoms with E-state index in [9.17, 15) is 13.2 Å². The Balaban J connectivity index is 2.44. The lowest BCUT2D eigenvalue weighted by atomic mass is 10.0. The predicted molar refractivity (Wildman–Crippen MR) is 75.3 cm³/mol. The summed E-state index contributed by atoms with van der Waals surface area (Å²) < 4.78 is 39.5. The molecule has 0 amide bonds. The number of nitrogens with one attached hydrogen (secondary N) is 2. The van der Waals surface area contributed by atoms with E-state index >= 15 is 0 Å². The zero-order valence-corrected chi connectivity index (χ0v) is 11.8. The molecule has 7 heteroatoms. The fraction of sp³-hybridized carbons (Fsp3) is 0.286. The molecule has 0 bridgehead atoms. The van der Waals surface area contributed by atoms with Crippen molar-refractivity contribution in [3.05, 3.63) is 41.5 Å². The van der Waals surface area contributed by atoms with Crippen LogP contribution in [-0.2, 0) is 0 Å². The fourth-order valence-electron chi connectivity index (χ4n) is 2.01. The largest absolute Gasteiger partial charge is 0.373 e. The van der Waals surface area contributed by atoms with Crippen molar-refractivity contribution in [1.82, 2.24) is 9.97 Å². The molecule has 1 aromatic carbocycles. The molecule has 0 radical (unpaired) electrons. The van der Waals surface area contributed by atoms with Crippen LogP contribution in [0.1, 0.15) is 25.3 Å². The van der Waals surface area contributed by atoms with Gasteiger partial charge in [0, 0.05) is 30.4 Å². The average molecular weight is 296 g/mol. The summed E-state index contributed by atoms with van der Waals surface area (Å²) >= 11 is 0. The van der Waals surface area contributed by atoms with Gasteiger partial charge in [-0.25, -0.2) is 23.1 Å². The summed E-state index contributed by atoms with van der Waals surface area (Å²) in [5.74, 6) is -2.91. The van der Waals surface area contributed by atoms with E-state index in [0.717, 1.165) is 17.7 Å². The molecular formula is C14H15F3N4. The van der Waals surface area contributed by atoms with Gasteiger partial charge in [0.2, 0.25) is 0 Å². The van der Waals surface area contributed by atoms with Gasteiger partial charge in [-0.2, -0.15) is 0 Å². The number of benzene rings is 1. The zero-order valence-electron chi connectivity index (χ0n) is 11.8. The number of hydrogen-bond donors (Lipinski definition) is 2. The lowest BCUT2D eigenvalue weighted by Crippen LogP contribution is -2.07. The monoisotopic (exact) mass is 296 g/mol. The summed E-state index contributed by atoms with van der Waals surface area (Å²) in [5, 5.41) is 5.74. The molecule has 2 N–H and O–H groups in total. The van der Waals surface area contributed by atoms with Crippen LogP contribution >= 0.6 is 0 Å². The summed E-state index contributed by atoms with van der Waals surface area (Å²) in [6.45, 7) is 3.88. The maximum atomic E-state index is 13.2. The molecule has 1 aromatic heterocycles. The van der Waals surface area contributed by atoms with Crippen LogP contribution in [0.3, 0.4) is 0 Å². The van der Waals surface area contributed by atoms with Gasteiger partial charge in [-0.1, -0.05) is 13.8 Å². The van der Waals surface area contributed by atoms with E-state index in [0.29, 0.717) is 11.6 Å². The second-order valence-corrected chi connectivity index (χ2v) is 4.77. The molecule has 21 heavy (non-hydrogen) atoms. The SMILES string of the molecule is CNc1ncnc(Nc2cc(F)c(F)c(F)c2)c1C(C)C. The first-order valence-corrected chi connectivity index (χ1v) is 6.38. The van der Waals surface area contributed by atoms with Crippen molar-refractivity contribution in [2.75, 3.05) is 17.7 Å². The average Bonchev–Trinajstić information content (AvgIpc) is 2.44. The van der Waals surface area contributed by atoms with Gasteiger partial charge in [0.1, 0.15) is 18.0 Å². The molecule has 0 aliphatic rings. The first kappa shape index (κ1) is 15.1. The smallest absolute Gasteiger partial charge is 0.194 e. The molecule has 0 aliphatic heterocycles. The Labute approximate surface area is 120 Å². The minimum atomic E-state index is -1.50. The molecular weight excluding hydrogens is 281 g/mol. The Bertz CT molecular complexity index is 636. The third-order valence-electron chi connectivity index (χ3n) is 2.94. The number of anilines is 3. The fourth-order valence-corrected chi connectivity index (χ4v) is 2.01. The number of nitrogens with zero attached hydrogens (tertiary/aromatic N) is 2. The molecule has 2 rings (SSSR count). The van der Waals surface area contributed by atoms with Crippen LogP contribution in [-0.4, -0.2) is 17.0 Å². The quantitative estimate of drug-likeness (QED) is 0.843. The molecule has 0 saturated carbocycles. The molecule has 0 saturated heterocycles. The van der Waals surface area contributed by atoms with Gasteiger partial charge in [-0.05, 0) is 5.92 Å². The highest BCUT2D eigenvalue weighted by atomic mass is 19.2. The highest BCUT2D eigenvalue weighted by Crippen LogP contribution is 2.30. The van der Waals surface area contributed by atoms with Gasteiger partial charge in [0.25, 0.3) is 0 Å². The second-order valence-electron chi connectivity index (χ2n) is 4.77. The van der Waals surface area contributed by atoms with E-state index in [1.807, 2.05) is 13.8 Å². The van der Waals surface area contributed by atoms with E-state index < -0.39 is 17.5 Å². The van der Waals surface area contributed by atoms with Crippen LogP contribution in [0.15, 0.2) is 18.5 Å². The summed E-state index contributed by atoms with van der Waals surface area (Å²) in [7, 11) is 1.72. The van der Waals surface area contributed by atoms with Gasteiger partial charge in [0.05, 0.1) is 0 Å². The standard InChI is InChI=1S/C14H15F3N4/c1-7(2)11-13(18-3)19-6-20-14(11)21-8-4-9(15)12(17)10(16)5-8/h4-7H,1-3H3,(H2,18,19,20,21). The summed E-state index contributed by atoms with van der Waals surface area (Å²) in [6, 6.07) is 1.76. The highest BCUT2D eigenvalue weighted by Gasteiger charge is 2.16. The predicted octanol–water partition coefficient (Wildman–Crippen LogP) is 3.80. The van der Waals surface area contributed by atoms with Gasteiger partial charge in [0.15, 0.2) is 17.5 Å². The molecule has 0 aliphatic carbocycles. The third-order valence-corrected chi connectivity index (χ3v) is 2.94. The lowest BCUT2D eigenvalue weighted by molar-refractivity contribution is 0.448. The minimum Gasteiger partial charge on any atom is -0.373 e. The van der Waals surface area contributed by atoms with Crippen molar-refractivity contribution in [3.8, 4) is 0 Å². The van der Waals surface area contributed by atoms with Crippen molar-refractivity contribution in [1.29, 1.82) is 0 Å². The Kier molecular flexibility index (Phi) is 4.30. The molecule has 0 fully saturated rings. The van der Waals surface area contributed by atoms with Crippen LogP contribution < -0.4 is 10.6 Å². The molecule has 0 atom stereocenters. The number of rotatable bonds is 4.